The van der Waals surface area contributed by atoms with Crippen LogP contribution in [-0.4, -0.2) is 53.6 Å². The maximum atomic E-state index is 12.6. The number of hydrogen-bond acceptors (Lipinski definition) is 5. The first kappa shape index (κ1) is 18.9. The lowest BCUT2D eigenvalue weighted by atomic mass is 10.1. The van der Waals surface area contributed by atoms with E-state index in [9.17, 15) is 4.79 Å². The number of ether oxygens (including phenoxy) is 1. The van der Waals surface area contributed by atoms with Crippen LogP contribution in [0.1, 0.15) is 21.9 Å². The quantitative estimate of drug-likeness (QED) is 0.842. The number of rotatable bonds is 5. The number of carbonyl (C=O) groups is 1. The maximum absolute atomic E-state index is 12.6. The van der Waals surface area contributed by atoms with Gasteiger partial charge in [0.2, 0.25) is 0 Å². The number of aromatic nitrogens is 2. The SMILES string of the molecule is Cc1nc(NCCc2ccc(Cl)cc2Cl)cc(C(=O)N2CCOCC2)n1. The number of morpholine rings is 1. The third-order valence-corrected chi connectivity index (χ3v) is 4.66. The molecule has 8 heteroatoms. The highest BCUT2D eigenvalue weighted by atomic mass is 35.5. The first-order chi connectivity index (χ1) is 12.5. The van der Waals surface area contributed by atoms with Gasteiger partial charge in [-0.1, -0.05) is 29.3 Å². The van der Waals surface area contributed by atoms with Crippen molar-refractivity contribution < 1.29 is 9.53 Å². The second-order valence-corrected chi connectivity index (χ2v) is 6.85. The molecule has 6 nitrogen and oxygen atoms in total. The van der Waals surface area contributed by atoms with Gasteiger partial charge in [-0.3, -0.25) is 4.79 Å². The summed E-state index contributed by atoms with van der Waals surface area (Å²) >= 11 is 12.1. The molecule has 26 heavy (non-hydrogen) atoms. The minimum Gasteiger partial charge on any atom is -0.378 e. The van der Waals surface area contributed by atoms with Crippen LogP contribution in [0.3, 0.4) is 0 Å². The number of hydrogen-bond donors (Lipinski definition) is 1. The van der Waals surface area contributed by atoms with Gasteiger partial charge >= 0.3 is 0 Å². The topological polar surface area (TPSA) is 67.4 Å². The summed E-state index contributed by atoms with van der Waals surface area (Å²) in [5, 5.41) is 4.49. The molecule has 2 heterocycles. The number of benzene rings is 1. The van der Waals surface area contributed by atoms with Crippen LogP contribution < -0.4 is 5.32 Å². The Balaban J connectivity index is 1.64. The van der Waals surface area contributed by atoms with Gasteiger partial charge in [0.15, 0.2) is 0 Å². The molecule has 138 valence electrons. The Bertz CT molecular complexity index is 795. The zero-order valence-corrected chi connectivity index (χ0v) is 16.0. The molecule has 1 saturated heterocycles. The molecule has 0 spiro atoms. The molecule has 1 amide bonds. The van der Waals surface area contributed by atoms with Crippen LogP contribution >= 0.6 is 23.2 Å². The van der Waals surface area contributed by atoms with Gasteiger partial charge in [-0.25, -0.2) is 9.97 Å². The van der Waals surface area contributed by atoms with Crippen molar-refractivity contribution in [2.45, 2.75) is 13.3 Å². The number of amides is 1. The van der Waals surface area contributed by atoms with Crippen molar-refractivity contribution in [3.63, 3.8) is 0 Å². The van der Waals surface area contributed by atoms with Gasteiger partial charge in [0, 0.05) is 35.7 Å². The van der Waals surface area contributed by atoms with Crippen molar-refractivity contribution in [1.29, 1.82) is 0 Å². The van der Waals surface area contributed by atoms with Crippen LogP contribution in [0.5, 0.6) is 0 Å². The van der Waals surface area contributed by atoms with Crippen LogP contribution in [0.4, 0.5) is 5.82 Å². The first-order valence-corrected chi connectivity index (χ1v) is 9.19. The molecular formula is C18H20Cl2N4O2. The lowest BCUT2D eigenvalue weighted by Crippen LogP contribution is -2.41. The summed E-state index contributed by atoms with van der Waals surface area (Å²) in [4.78, 5) is 23.0. The van der Waals surface area contributed by atoms with Crippen molar-refractivity contribution in [3.8, 4) is 0 Å². The standard InChI is InChI=1S/C18H20Cl2N4O2/c1-12-22-16(18(25)24-6-8-26-9-7-24)11-17(23-12)21-5-4-13-2-3-14(19)10-15(13)20/h2-3,10-11H,4-9H2,1H3,(H,21,22,23). The Hall–Kier alpha value is -1.89. The third-order valence-electron chi connectivity index (χ3n) is 4.07. The van der Waals surface area contributed by atoms with E-state index in [1.807, 2.05) is 12.1 Å². The summed E-state index contributed by atoms with van der Waals surface area (Å²) in [7, 11) is 0. The molecule has 2 aromatic rings. The Morgan fingerprint density at radius 1 is 1.23 bits per heavy atom. The molecule has 0 unspecified atom stereocenters. The first-order valence-electron chi connectivity index (χ1n) is 8.43. The predicted octanol–water partition coefficient (Wildman–Crippen LogP) is 3.22. The molecule has 0 bridgehead atoms. The molecule has 1 aromatic carbocycles. The normalized spacial score (nSPS) is 14.3. The molecule has 0 radical (unpaired) electrons. The highest BCUT2D eigenvalue weighted by Crippen LogP contribution is 2.21. The number of carbonyl (C=O) groups excluding carboxylic acids is 1. The summed E-state index contributed by atoms with van der Waals surface area (Å²) in [6, 6.07) is 7.14. The van der Waals surface area contributed by atoms with Crippen molar-refractivity contribution in [2.24, 2.45) is 0 Å². The van der Waals surface area contributed by atoms with Gasteiger partial charge < -0.3 is 15.0 Å². The Morgan fingerprint density at radius 2 is 2.00 bits per heavy atom. The highest BCUT2D eigenvalue weighted by Gasteiger charge is 2.20. The monoisotopic (exact) mass is 394 g/mol. The molecule has 0 atom stereocenters. The third kappa shape index (κ3) is 4.84. The second kappa shape index (κ2) is 8.66. The van der Waals surface area contributed by atoms with E-state index in [0.29, 0.717) is 66.7 Å². The number of aryl methyl sites for hydroxylation is 1. The van der Waals surface area contributed by atoms with E-state index in [2.05, 4.69) is 15.3 Å². The Morgan fingerprint density at radius 3 is 2.73 bits per heavy atom. The fourth-order valence-electron chi connectivity index (χ4n) is 2.75. The van der Waals surface area contributed by atoms with E-state index in [1.165, 1.54) is 0 Å². The van der Waals surface area contributed by atoms with Crippen LogP contribution in [0.25, 0.3) is 0 Å². The van der Waals surface area contributed by atoms with E-state index in [0.717, 1.165) is 5.56 Å². The van der Waals surface area contributed by atoms with Crippen molar-refractivity contribution in [2.75, 3.05) is 38.2 Å². The predicted molar refractivity (Wildman–Crippen MR) is 102 cm³/mol. The number of nitrogens with zero attached hydrogens (tertiary/aromatic N) is 3. The lowest BCUT2D eigenvalue weighted by Gasteiger charge is -2.26. The molecule has 1 aliphatic rings. The van der Waals surface area contributed by atoms with Gasteiger partial charge in [-0.15, -0.1) is 0 Å². The Kier molecular flexibility index (Phi) is 6.29. The van der Waals surface area contributed by atoms with E-state index >= 15 is 0 Å². The maximum Gasteiger partial charge on any atom is 0.272 e. The summed E-state index contributed by atoms with van der Waals surface area (Å²) in [5.41, 5.74) is 1.39. The number of anilines is 1. The van der Waals surface area contributed by atoms with Crippen LogP contribution in [-0.2, 0) is 11.2 Å². The van der Waals surface area contributed by atoms with E-state index in [1.54, 1.807) is 24.0 Å². The van der Waals surface area contributed by atoms with E-state index in [4.69, 9.17) is 27.9 Å². The summed E-state index contributed by atoms with van der Waals surface area (Å²) in [6.45, 7) is 4.69. The summed E-state index contributed by atoms with van der Waals surface area (Å²) in [5.74, 6) is 1.08. The van der Waals surface area contributed by atoms with Crippen LogP contribution in [0.15, 0.2) is 24.3 Å². The highest BCUT2D eigenvalue weighted by molar-refractivity contribution is 6.35. The van der Waals surface area contributed by atoms with Gasteiger partial charge in [-0.05, 0) is 31.0 Å². The average Bonchev–Trinajstić information content (AvgIpc) is 2.63. The smallest absolute Gasteiger partial charge is 0.272 e. The fraction of sp³-hybridized carbons (Fsp3) is 0.389. The van der Waals surface area contributed by atoms with Crippen molar-refractivity contribution >= 4 is 34.9 Å². The summed E-state index contributed by atoms with van der Waals surface area (Å²) < 4.78 is 5.29. The van der Waals surface area contributed by atoms with E-state index in [-0.39, 0.29) is 5.91 Å². The molecular weight excluding hydrogens is 375 g/mol. The van der Waals surface area contributed by atoms with Gasteiger partial charge in [-0.2, -0.15) is 0 Å². The molecule has 1 aromatic heterocycles. The molecule has 0 aliphatic carbocycles. The second-order valence-electron chi connectivity index (χ2n) is 6.00. The summed E-state index contributed by atoms with van der Waals surface area (Å²) in [6.07, 6.45) is 0.714. The van der Waals surface area contributed by atoms with Crippen molar-refractivity contribution in [3.05, 3.63) is 51.4 Å². The zero-order chi connectivity index (χ0) is 18.5. The lowest BCUT2D eigenvalue weighted by molar-refractivity contribution is 0.0299. The van der Waals surface area contributed by atoms with Crippen LogP contribution in [0.2, 0.25) is 10.0 Å². The van der Waals surface area contributed by atoms with Gasteiger partial charge in [0.1, 0.15) is 17.3 Å². The van der Waals surface area contributed by atoms with Crippen LogP contribution in [0, 0.1) is 6.92 Å². The minimum absolute atomic E-state index is 0.0948. The molecule has 0 saturated carbocycles. The van der Waals surface area contributed by atoms with Gasteiger partial charge in [0.05, 0.1) is 13.2 Å². The number of halogens is 2. The molecule has 1 N–H and O–H groups in total. The largest absolute Gasteiger partial charge is 0.378 e. The minimum atomic E-state index is -0.0948. The number of nitrogens with one attached hydrogen (secondary N) is 1. The molecule has 1 aliphatic heterocycles. The van der Waals surface area contributed by atoms with Crippen molar-refractivity contribution in [1.82, 2.24) is 14.9 Å². The van der Waals surface area contributed by atoms with Gasteiger partial charge in [0.25, 0.3) is 5.91 Å². The Labute approximate surface area is 162 Å². The molecule has 1 fully saturated rings. The zero-order valence-electron chi connectivity index (χ0n) is 14.5. The van der Waals surface area contributed by atoms with E-state index < -0.39 is 0 Å². The fourth-order valence-corrected chi connectivity index (χ4v) is 3.25. The average molecular weight is 395 g/mol. The molecule has 3 rings (SSSR count).